The Labute approximate surface area is 111 Å². The highest BCUT2D eigenvalue weighted by atomic mass is 32.2. The Morgan fingerprint density at radius 2 is 2.00 bits per heavy atom. The van der Waals surface area contributed by atoms with Gasteiger partial charge in [-0.15, -0.1) is 0 Å². The van der Waals surface area contributed by atoms with Gasteiger partial charge in [0.05, 0.1) is 0 Å². The smallest absolute Gasteiger partial charge is 0.243 e. The number of benzene rings is 1. The van der Waals surface area contributed by atoms with Crippen molar-refractivity contribution in [2.45, 2.75) is 37.1 Å². The first kappa shape index (κ1) is 14.2. The molecule has 0 bridgehead atoms. The summed E-state index contributed by atoms with van der Waals surface area (Å²) >= 11 is 0. The quantitative estimate of drug-likeness (QED) is 0.836. The van der Waals surface area contributed by atoms with E-state index in [2.05, 4.69) is 4.72 Å². The standard InChI is InChI=1S/C12H16F2N2O2S/c1-7-2-3-9(4-7)16-19(17,18)11-6-8(15)5-10(13)12(11)14/h5-7,9,16H,2-4,15H2,1H3. The summed E-state index contributed by atoms with van der Waals surface area (Å²) in [6.07, 6.45) is 2.32. The van der Waals surface area contributed by atoms with E-state index in [4.69, 9.17) is 5.73 Å². The van der Waals surface area contributed by atoms with E-state index in [1.807, 2.05) is 6.92 Å². The number of nitrogens with one attached hydrogen (secondary N) is 1. The van der Waals surface area contributed by atoms with E-state index in [0.29, 0.717) is 18.8 Å². The summed E-state index contributed by atoms with van der Waals surface area (Å²) in [6, 6.07) is 1.45. The van der Waals surface area contributed by atoms with Crippen LogP contribution >= 0.6 is 0 Å². The summed E-state index contributed by atoms with van der Waals surface area (Å²) in [6.45, 7) is 2.02. The summed E-state index contributed by atoms with van der Waals surface area (Å²) < 4.78 is 53.3. The molecule has 1 saturated carbocycles. The molecule has 106 valence electrons. The number of sulfonamides is 1. The molecule has 3 N–H and O–H groups in total. The predicted octanol–water partition coefficient (Wildman–Crippen LogP) is 2.01. The Morgan fingerprint density at radius 3 is 2.58 bits per heavy atom. The molecule has 19 heavy (non-hydrogen) atoms. The van der Waals surface area contributed by atoms with E-state index in [1.165, 1.54) is 0 Å². The fraction of sp³-hybridized carbons (Fsp3) is 0.500. The van der Waals surface area contributed by atoms with Crippen molar-refractivity contribution in [3.63, 3.8) is 0 Å². The SMILES string of the molecule is CC1CCC(NS(=O)(=O)c2cc(N)cc(F)c2F)C1. The second kappa shape index (κ2) is 5.05. The molecule has 0 radical (unpaired) electrons. The molecule has 0 amide bonds. The third kappa shape index (κ3) is 3.03. The minimum atomic E-state index is -4.09. The normalized spacial score (nSPS) is 23.7. The molecule has 2 atom stereocenters. The molecule has 2 unspecified atom stereocenters. The number of halogens is 2. The van der Waals surface area contributed by atoms with Crippen LogP contribution in [0, 0.1) is 17.6 Å². The topological polar surface area (TPSA) is 72.2 Å². The Kier molecular flexibility index (Phi) is 3.78. The monoisotopic (exact) mass is 290 g/mol. The Balaban J connectivity index is 2.29. The maximum Gasteiger partial charge on any atom is 0.243 e. The third-order valence-electron chi connectivity index (χ3n) is 3.32. The van der Waals surface area contributed by atoms with Gasteiger partial charge in [0.1, 0.15) is 4.90 Å². The highest BCUT2D eigenvalue weighted by Gasteiger charge is 2.29. The van der Waals surface area contributed by atoms with E-state index in [9.17, 15) is 17.2 Å². The second-order valence-electron chi connectivity index (χ2n) is 5.05. The van der Waals surface area contributed by atoms with Crippen molar-refractivity contribution in [2.75, 3.05) is 5.73 Å². The van der Waals surface area contributed by atoms with Crippen LogP contribution in [0.5, 0.6) is 0 Å². The molecule has 1 aliphatic rings. The Hall–Kier alpha value is -1.21. The van der Waals surface area contributed by atoms with Crippen LogP contribution in [0.3, 0.4) is 0 Å². The lowest BCUT2D eigenvalue weighted by atomic mass is 10.1. The zero-order valence-corrected chi connectivity index (χ0v) is 11.3. The molecule has 0 aliphatic heterocycles. The lowest BCUT2D eigenvalue weighted by molar-refractivity contribution is 0.480. The average Bonchev–Trinajstić information content (AvgIpc) is 2.68. The maximum atomic E-state index is 13.6. The van der Waals surface area contributed by atoms with E-state index in [0.717, 1.165) is 18.6 Å². The van der Waals surface area contributed by atoms with Gasteiger partial charge in [-0.05, 0) is 37.3 Å². The van der Waals surface area contributed by atoms with Crippen molar-refractivity contribution >= 4 is 15.7 Å². The van der Waals surface area contributed by atoms with E-state index in [-0.39, 0.29) is 11.7 Å². The number of rotatable bonds is 3. The van der Waals surface area contributed by atoms with Crippen molar-refractivity contribution in [1.29, 1.82) is 0 Å². The summed E-state index contributed by atoms with van der Waals surface area (Å²) in [4.78, 5) is -0.732. The van der Waals surface area contributed by atoms with Gasteiger partial charge in [-0.1, -0.05) is 6.92 Å². The number of anilines is 1. The van der Waals surface area contributed by atoms with Gasteiger partial charge >= 0.3 is 0 Å². The first-order chi connectivity index (χ1) is 8.79. The number of nitrogen functional groups attached to an aromatic ring is 1. The fourth-order valence-corrected chi connectivity index (χ4v) is 3.78. The average molecular weight is 290 g/mol. The van der Waals surface area contributed by atoms with Crippen LogP contribution in [0.2, 0.25) is 0 Å². The zero-order chi connectivity index (χ0) is 14.2. The molecular formula is C12H16F2N2O2S. The molecule has 0 aromatic heterocycles. The molecule has 7 heteroatoms. The molecule has 1 fully saturated rings. The molecule has 1 aromatic carbocycles. The third-order valence-corrected chi connectivity index (χ3v) is 4.84. The summed E-state index contributed by atoms with van der Waals surface area (Å²) in [5.74, 6) is -2.23. The number of hydrogen-bond donors (Lipinski definition) is 2. The van der Waals surface area contributed by atoms with Gasteiger partial charge in [-0.25, -0.2) is 21.9 Å². The van der Waals surface area contributed by atoms with E-state index >= 15 is 0 Å². The molecule has 0 heterocycles. The van der Waals surface area contributed by atoms with Crippen LogP contribution in [0.25, 0.3) is 0 Å². The number of nitrogens with two attached hydrogens (primary N) is 1. The molecule has 0 spiro atoms. The van der Waals surface area contributed by atoms with Gasteiger partial charge in [-0.3, -0.25) is 0 Å². The van der Waals surface area contributed by atoms with E-state index < -0.39 is 26.6 Å². The lowest BCUT2D eigenvalue weighted by Gasteiger charge is -2.14. The zero-order valence-electron chi connectivity index (χ0n) is 10.5. The molecule has 0 saturated heterocycles. The van der Waals surface area contributed by atoms with Crippen molar-refractivity contribution < 1.29 is 17.2 Å². The highest BCUT2D eigenvalue weighted by molar-refractivity contribution is 7.89. The first-order valence-electron chi connectivity index (χ1n) is 6.06. The van der Waals surface area contributed by atoms with Crippen LogP contribution in [0.1, 0.15) is 26.2 Å². The van der Waals surface area contributed by atoms with Crippen LogP contribution in [-0.2, 0) is 10.0 Å². The van der Waals surface area contributed by atoms with Gasteiger partial charge < -0.3 is 5.73 Å². The minimum absolute atomic E-state index is 0.126. The van der Waals surface area contributed by atoms with Crippen LogP contribution in [0.4, 0.5) is 14.5 Å². The van der Waals surface area contributed by atoms with Gasteiger partial charge in [0, 0.05) is 11.7 Å². The van der Waals surface area contributed by atoms with Crippen LogP contribution in [0.15, 0.2) is 17.0 Å². The van der Waals surface area contributed by atoms with Crippen molar-refractivity contribution in [1.82, 2.24) is 4.72 Å². The molecular weight excluding hydrogens is 274 g/mol. The molecule has 1 aliphatic carbocycles. The Bertz CT molecular complexity index is 590. The predicted molar refractivity (Wildman–Crippen MR) is 67.9 cm³/mol. The Morgan fingerprint density at radius 1 is 1.32 bits per heavy atom. The maximum absolute atomic E-state index is 13.6. The highest BCUT2D eigenvalue weighted by Crippen LogP contribution is 2.27. The van der Waals surface area contributed by atoms with Crippen molar-refractivity contribution in [3.05, 3.63) is 23.8 Å². The van der Waals surface area contributed by atoms with Crippen molar-refractivity contribution in [2.24, 2.45) is 5.92 Å². The largest absolute Gasteiger partial charge is 0.399 e. The minimum Gasteiger partial charge on any atom is -0.399 e. The van der Waals surface area contributed by atoms with Crippen LogP contribution < -0.4 is 10.5 Å². The van der Waals surface area contributed by atoms with Gasteiger partial charge in [0.2, 0.25) is 10.0 Å². The fourth-order valence-electron chi connectivity index (χ4n) is 2.38. The molecule has 2 rings (SSSR count). The second-order valence-corrected chi connectivity index (χ2v) is 6.73. The lowest BCUT2D eigenvalue weighted by Crippen LogP contribution is -2.33. The number of hydrogen-bond acceptors (Lipinski definition) is 3. The summed E-state index contributed by atoms with van der Waals surface area (Å²) in [5, 5.41) is 0. The first-order valence-corrected chi connectivity index (χ1v) is 7.55. The molecule has 1 aromatic rings. The van der Waals surface area contributed by atoms with Crippen LogP contribution in [-0.4, -0.2) is 14.5 Å². The van der Waals surface area contributed by atoms with E-state index in [1.54, 1.807) is 0 Å². The van der Waals surface area contributed by atoms with Crippen molar-refractivity contribution in [3.8, 4) is 0 Å². The summed E-state index contributed by atoms with van der Waals surface area (Å²) in [7, 11) is -4.09. The van der Waals surface area contributed by atoms with Gasteiger partial charge in [-0.2, -0.15) is 0 Å². The summed E-state index contributed by atoms with van der Waals surface area (Å²) in [5.41, 5.74) is 5.23. The van der Waals surface area contributed by atoms with Gasteiger partial charge in [0.15, 0.2) is 11.6 Å². The molecule has 4 nitrogen and oxygen atoms in total. The van der Waals surface area contributed by atoms with Gasteiger partial charge in [0.25, 0.3) is 0 Å².